The SMILES string of the molecule is CC(CNc1ccccc1)C[Si](C)(C)c1ccccc1Br. The second-order valence-electron chi connectivity index (χ2n) is 6.42. The molecular formula is C18H24BrNSi. The fourth-order valence-corrected chi connectivity index (χ4v) is 8.19. The number of para-hydroxylation sites is 1. The Kier molecular flexibility index (Phi) is 5.65. The van der Waals surface area contributed by atoms with Gasteiger partial charge in [-0.2, -0.15) is 0 Å². The van der Waals surface area contributed by atoms with Crippen molar-refractivity contribution in [3.63, 3.8) is 0 Å². The Hall–Kier alpha value is -1.06. The largest absolute Gasteiger partial charge is 0.385 e. The van der Waals surface area contributed by atoms with Crippen LogP contribution in [0.5, 0.6) is 0 Å². The summed E-state index contributed by atoms with van der Waals surface area (Å²) in [4.78, 5) is 0. The Morgan fingerprint density at radius 1 is 1.00 bits per heavy atom. The number of anilines is 1. The standard InChI is InChI=1S/C18H24BrNSi/c1-15(13-20-16-9-5-4-6-10-16)14-21(2,3)18-12-8-7-11-17(18)19/h4-12,15,20H,13-14H2,1-3H3. The lowest BCUT2D eigenvalue weighted by Gasteiger charge is -2.28. The van der Waals surface area contributed by atoms with Gasteiger partial charge in [0.05, 0.1) is 8.07 Å². The number of benzene rings is 2. The van der Waals surface area contributed by atoms with Crippen molar-refractivity contribution < 1.29 is 0 Å². The van der Waals surface area contributed by atoms with Crippen molar-refractivity contribution in [3.05, 3.63) is 59.1 Å². The first-order valence-electron chi connectivity index (χ1n) is 7.53. The van der Waals surface area contributed by atoms with Crippen molar-refractivity contribution in [2.45, 2.75) is 26.1 Å². The third-order valence-corrected chi connectivity index (χ3v) is 8.56. The van der Waals surface area contributed by atoms with Crippen LogP contribution in [0.4, 0.5) is 5.69 Å². The van der Waals surface area contributed by atoms with Crippen LogP contribution in [-0.2, 0) is 0 Å². The van der Waals surface area contributed by atoms with Gasteiger partial charge in [0.1, 0.15) is 0 Å². The van der Waals surface area contributed by atoms with Gasteiger partial charge in [-0.1, -0.05) is 72.3 Å². The number of nitrogens with one attached hydrogen (secondary N) is 1. The molecule has 1 N–H and O–H groups in total. The predicted octanol–water partition coefficient (Wildman–Crippen LogP) is 5.11. The molecule has 0 aliphatic carbocycles. The molecule has 3 heteroatoms. The van der Waals surface area contributed by atoms with Crippen LogP contribution in [0.1, 0.15) is 6.92 Å². The highest BCUT2D eigenvalue weighted by molar-refractivity contribution is 9.10. The Morgan fingerprint density at radius 2 is 1.62 bits per heavy atom. The quantitative estimate of drug-likeness (QED) is 0.704. The molecule has 21 heavy (non-hydrogen) atoms. The van der Waals surface area contributed by atoms with Crippen LogP contribution in [0, 0.1) is 5.92 Å². The van der Waals surface area contributed by atoms with Gasteiger partial charge in [-0.25, -0.2) is 0 Å². The Labute approximate surface area is 137 Å². The van der Waals surface area contributed by atoms with Gasteiger partial charge in [0.15, 0.2) is 0 Å². The van der Waals surface area contributed by atoms with E-state index >= 15 is 0 Å². The number of hydrogen-bond acceptors (Lipinski definition) is 1. The first-order valence-corrected chi connectivity index (χ1v) is 11.5. The molecule has 2 rings (SSSR count). The molecule has 0 bridgehead atoms. The summed E-state index contributed by atoms with van der Waals surface area (Å²) in [5.74, 6) is 0.666. The summed E-state index contributed by atoms with van der Waals surface area (Å²) in [6, 6.07) is 20.4. The molecule has 0 radical (unpaired) electrons. The van der Waals surface area contributed by atoms with E-state index < -0.39 is 8.07 Å². The zero-order chi connectivity index (χ0) is 15.3. The van der Waals surface area contributed by atoms with Crippen LogP contribution >= 0.6 is 15.9 Å². The second-order valence-corrected chi connectivity index (χ2v) is 12.0. The van der Waals surface area contributed by atoms with Crippen LogP contribution in [0.25, 0.3) is 0 Å². The van der Waals surface area contributed by atoms with Gasteiger partial charge in [-0.15, -0.1) is 0 Å². The summed E-state index contributed by atoms with van der Waals surface area (Å²) >= 11 is 3.72. The normalized spacial score (nSPS) is 13.0. The molecule has 1 unspecified atom stereocenters. The fraction of sp³-hybridized carbons (Fsp3) is 0.333. The third kappa shape index (κ3) is 4.72. The molecule has 1 atom stereocenters. The minimum atomic E-state index is -1.41. The van der Waals surface area contributed by atoms with Gasteiger partial charge in [0.2, 0.25) is 0 Å². The number of halogens is 1. The van der Waals surface area contributed by atoms with E-state index in [-0.39, 0.29) is 0 Å². The van der Waals surface area contributed by atoms with Gasteiger partial charge in [0, 0.05) is 16.7 Å². The van der Waals surface area contributed by atoms with Crippen molar-refractivity contribution in [1.82, 2.24) is 0 Å². The van der Waals surface area contributed by atoms with E-state index in [1.807, 2.05) is 0 Å². The highest BCUT2D eigenvalue weighted by Gasteiger charge is 2.27. The van der Waals surface area contributed by atoms with E-state index in [0.29, 0.717) is 5.92 Å². The first-order chi connectivity index (χ1) is 9.99. The average molecular weight is 362 g/mol. The van der Waals surface area contributed by atoms with E-state index in [4.69, 9.17) is 0 Å². The summed E-state index contributed by atoms with van der Waals surface area (Å²) in [6.45, 7) is 8.31. The predicted molar refractivity (Wildman–Crippen MR) is 100 cm³/mol. The van der Waals surface area contributed by atoms with Crippen molar-refractivity contribution in [2.75, 3.05) is 11.9 Å². The number of hydrogen-bond donors (Lipinski definition) is 1. The van der Waals surface area contributed by atoms with Crippen molar-refractivity contribution in [1.29, 1.82) is 0 Å². The van der Waals surface area contributed by atoms with Gasteiger partial charge in [-0.05, 0) is 35.3 Å². The average Bonchev–Trinajstić information content (AvgIpc) is 2.46. The maximum absolute atomic E-state index is 3.72. The Balaban J connectivity index is 1.95. The van der Waals surface area contributed by atoms with Crippen LogP contribution in [-0.4, -0.2) is 14.6 Å². The van der Waals surface area contributed by atoms with E-state index in [9.17, 15) is 0 Å². The van der Waals surface area contributed by atoms with Crippen LogP contribution < -0.4 is 10.5 Å². The highest BCUT2D eigenvalue weighted by Crippen LogP contribution is 2.21. The smallest absolute Gasteiger partial charge is 0.0824 e. The molecule has 0 heterocycles. The van der Waals surface area contributed by atoms with Crippen molar-refractivity contribution >= 4 is 34.9 Å². The van der Waals surface area contributed by atoms with Crippen LogP contribution in [0.2, 0.25) is 19.1 Å². The monoisotopic (exact) mass is 361 g/mol. The molecule has 1 nitrogen and oxygen atoms in total. The second kappa shape index (κ2) is 7.28. The molecule has 0 fully saturated rings. The lowest BCUT2D eigenvalue weighted by Crippen LogP contribution is -2.44. The topological polar surface area (TPSA) is 12.0 Å². The van der Waals surface area contributed by atoms with Crippen molar-refractivity contribution in [3.8, 4) is 0 Å². The Bertz CT molecular complexity index is 568. The molecule has 0 spiro atoms. The highest BCUT2D eigenvalue weighted by atomic mass is 79.9. The van der Waals surface area contributed by atoms with E-state index in [1.165, 1.54) is 21.4 Å². The molecule has 2 aromatic carbocycles. The molecule has 0 amide bonds. The summed E-state index contributed by atoms with van der Waals surface area (Å²) in [6.07, 6.45) is 0. The summed E-state index contributed by atoms with van der Waals surface area (Å²) in [5, 5.41) is 5.07. The molecule has 0 saturated carbocycles. The van der Waals surface area contributed by atoms with E-state index in [2.05, 4.69) is 95.9 Å². The van der Waals surface area contributed by atoms with E-state index in [0.717, 1.165) is 6.54 Å². The van der Waals surface area contributed by atoms with Gasteiger partial charge in [-0.3, -0.25) is 0 Å². The van der Waals surface area contributed by atoms with Gasteiger partial charge < -0.3 is 5.32 Å². The molecule has 112 valence electrons. The Morgan fingerprint density at radius 3 is 2.29 bits per heavy atom. The molecule has 0 aromatic heterocycles. The molecule has 0 aliphatic rings. The molecule has 0 aliphatic heterocycles. The molecule has 0 saturated heterocycles. The fourth-order valence-electron chi connectivity index (χ4n) is 2.91. The maximum Gasteiger partial charge on any atom is 0.0824 e. The summed E-state index contributed by atoms with van der Waals surface area (Å²) < 4.78 is 1.27. The zero-order valence-electron chi connectivity index (χ0n) is 13.1. The molecular weight excluding hydrogens is 338 g/mol. The molecule has 2 aromatic rings. The first kappa shape index (κ1) is 16.3. The minimum absolute atomic E-state index is 0.666. The summed E-state index contributed by atoms with van der Waals surface area (Å²) in [5.41, 5.74) is 1.21. The lowest BCUT2D eigenvalue weighted by atomic mass is 10.2. The number of rotatable bonds is 6. The van der Waals surface area contributed by atoms with Crippen LogP contribution in [0.3, 0.4) is 0 Å². The van der Waals surface area contributed by atoms with E-state index in [1.54, 1.807) is 0 Å². The minimum Gasteiger partial charge on any atom is -0.385 e. The van der Waals surface area contributed by atoms with Crippen LogP contribution in [0.15, 0.2) is 59.1 Å². The van der Waals surface area contributed by atoms with Crippen molar-refractivity contribution in [2.24, 2.45) is 5.92 Å². The summed E-state index contributed by atoms with van der Waals surface area (Å²) in [7, 11) is -1.41. The zero-order valence-corrected chi connectivity index (χ0v) is 15.7. The maximum atomic E-state index is 3.72. The lowest BCUT2D eigenvalue weighted by molar-refractivity contribution is 0.677. The van der Waals surface area contributed by atoms with Gasteiger partial charge >= 0.3 is 0 Å². The third-order valence-electron chi connectivity index (χ3n) is 3.89. The van der Waals surface area contributed by atoms with Gasteiger partial charge in [0.25, 0.3) is 0 Å².